The van der Waals surface area contributed by atoms with Gasteiger partial charge in [0.15, 0.2) is 22.7 Å². The molecule has 10 nitrogen and oxygen atoms in total. The zero-order valence-corrected chi connectivity index (χ0v) is 24.8. The Morgan fingerprint density at radius 1 is 0.914 bits per heavy atom. The van der Waals surface area contributed by atoms with Gasteiger partial charge in [-0.25, -0.2) is 4.79 Å². The van der Waals surface area contributed by atoms with Gasteiger partial charge >= 0.3 is 5.97 Å². The molecule has 1 aliphatic heterocycles. The monoisotopic (exact) mass is 530 g/mol. The second-order valence-corrected chi connectivity index (χ2v) is 18.6. The molecule has 0 aromatic carbocycles. The van der Waals surface area contributed by atoms with Crippen molar-refractivity contribution in [3.8, 4) is 0 Å². The van der Waals surface area contributed by atoms with E-state index in [4.69, 9.17) is 23.9 Å². The Labute approximate surface area is 212 Å². The van der Waals surface area contributed by atoms with Crippen molar-refractivity contribution in [2.45, 2.75) is 122 Å². The van der Waals surface area contributed by atoms with Gasteiger partial charge in [0, 0.05) is 11.8 Å². The molecule has 1 saturated heterocycles. The Morgan fingerprint density at radius 3 is 1.80 bits per heavy atom. The number of ether oxygens (including phenoxy) is 2. The highest BCUT2D eigenvalue weighted by Crippen LogP contribution is 2.36. The second kappa shape index (κ2) is 15.0. The fourth-order valence-electron chi connectivity index (χ4n) is 4.88. The summed E-state index contributed by atoms with van der Waals surface area (Å²) in [5.74, 6) is -0.874. The predicted octanol–water partition coefficient (Wildman–Crippen LogP) is 4.91. The average molecular weight is 531 g/mol. The quantitative estimate of drug-likeness (QED) is 0.105. The minimum absolute atomic E-state index is 0.00965. The number of nitrogens with one attached hydrogen (secondary N) is 1. The number of hydrogen-bond donors (Lipinski definition) is 1. The van der Waals surface area contributed by atoms with Crippen molar-refractivity contribution in [1.29, 1.82) is 0 Å². The largest absolute Gasteiger partial charge is 0.464 e. The summed E-state index contributed by atoms with van der Waals surface area (Å²) in [6, 6.07) is 4.59. The lowest BCUT2D eigenvalue weighted by Gasteiger charge is -2.51. The zero-order valence-electron chi connectivity index (χ0n) is 22.8. The van der Waals surface area contributed by atoms with Crippen molar-refractivity contribution in [1.82, 2.24) is 5.32 Å². The van der Waals surface area contributed by atoms with Crippen LogP contribution in [0, 0.1) is 0 Å². The number of carbonyl (C=O) groups is 2. The highest BCUT2D eigenvalue weighted by atomic mass is 28.4. The average Bonchev–Trinajstić information content (AvgIpc) is 2.86. The lowest BCUT2D eigenvalue weighted by atomic mass is 9.92. The molecule has 0 spiro atoms. The molecule has 1 N–H and O–H groups in total. The van der Waals surface area contributed by atoms with Crippen LogP contribution in [0.15, 0.2) is 5.11 Å². The summed E-state index contributed by atoms with van der Waals surface area (Å²) < 4.78 is 25.5. The molecule has 1 aliphatic rings. The maximum atomic E-state index is 13.0. The van der Waals surface area contributed by atoms with Crippen LogP contribution in [0.5, 0.6) is 0 Å². The minimum atomic E-state index is -2.22. The first-order valence-electron chi connectivity index (χ1n) is 13.1. The van der Waals surface area contributed by atoms with Crippen molar-refractivity contribution in [2.75, 3.05) is 13.2 Å². The third kappa shape index (κ3) is 8.03. The van der Waals surface area contributed by atoms with E-state index in [1.54, 1.807) is 6.92 Å². The van der Waals surface area contributed by atoms with Crippen LogP contribution in [0.25, 0.3) is 10.4 Å². The van der Waals surface area contributed by atoms with Crippen LogP contribution in [0.4, 0.5) is 0 Å². The summed E-state index contributed by atoms with van der Waals surface area (Å²) in [4.78, 5) is 28.2. The standard InChI is InChI=1S/C23H46N4O6Si2/c1-9-30-23(29)22-19(26-17(8)28)21(33-35(13-5,14-6)15-7)20(18(31-22)16-25-27-24)32-34(10-2,11-3)12-4/h18-22H,9-16H2,1-8H3,(H,26,28)/t18-,19-,20-,21-,22-/m1/s1. The van der Waals surface area contributed by atoms with Crippen molar-refractivity contribution in [3.63, 3.8) is 0 Å². The Hall–Kier alpha value is -1.44. The Balaban J connectivity index is 3.73. The van der Waals surface area contributed by atoms with E-state index in [0.29, 0.717) is 0 Å². The molecule has 0 aliphatic carbocycles. The lowest BCUT2D eigenvalue weighted by Crippen LogP contribution is -2.70. The molecule has 0 saturated carbocycles. The van der Waals surface area contributed by atoms with E-state index in [0.717, 1.165) is 36.3 Å². The molecule has 35 heavy (non-hydrogen) atoms. The van der Waals surface area contributed by atoms with Crippen LogP contribution >= 0.6 is 0 Å². The maximum Gasteiger partial charge on any atom is 0.337 e. The van der Waals surface area contributed by atoms with E-state index in [2.05, 4.69) is 56.9 Å². The molecule has 202 valence electrons. The van der Waals surface area contributed by atoms with Crippen LogP contribution in [-0.2, 0) is 27.9 Å². The van der Waals surface area contributed by atoms with Crippen LogP contribution in [0.2, 0.25) is 36.3 Å². The normalized spacial score (nSPS) is 25.0. The van der Waals surface area contributed by atoms with Gasteiger partial charge in [0.25, 0.3) is 0 Å². The van der Waals surface area contributed by atoms with Crippen LogP contribution in [0.1, 0.15) is 55.4 Å². The van der Waals surface area contributed by atoms with Gasteiger partial charge in [-0.1, -0.05) is 46.7 Å². The van der Waals surface area contributed by atoms with Gasteiger partial charge in [-0.2, -0.15) is 0 Å². The van der Waals surface area contributed by atoms with Gasteiger partial charge in [-0.05, 0) is 48.7 Å². The van der Waals surface area contributed by atoms with E-state index in [1.165, 1.54) is 6.92 Å². The van der Waals surface area contributed by atoms with Gasteiger partial charge in [-0.3, -0.25) is 4.79 Å². The number of rotatable bonds is 15. The first-order chi connectivity index (χ1) is 16.6. The molecule has 0 aromatic heterocycles. The van der Waals surface area contributed by atoms with Gasteiger partial charge < -0.3 is 23.6 Å². The smallest absolute Gasteiger partial charge is 0.337 e. The molecule has 0 unspecified atom stereocenters. The number of azide groups is 1. The van der Waals surface area contributed by atoms with Crippen LogP contribution in [-0.4, -0.2) is 72.1 Å². The molecule has 0 bridgehead atoms. The number of hydrogen-bond acceptors (Lipinski definition) is 7. The first kappa shape index (κ1) is 31.6. The van der Waals surface area contributed by atoms with Crippen LogP contribution < -0.4 is 5.32 Å². The fraction of sp³-hybridized carbons (Fsp3) is 0.913. The Kier molecular flexibility index (Phi) is 13.5. The Morgan fingerprint density at radius 2 is 1.40 bits per heavy atom. The molecule has 5 atom stereocenters. The molecule has 0 radical (unpaired) electrons. The SMILES string of the molecule is CCOC(=O)[C@@H]1O[C@H](CN=[N+]=[N-])[C@@H](O[Si](CC)(CC)CC)[C@H](O[Si](CC)(CC)CC)[C@H]1NC(C)=O. The number of esters is 1. The van der Waals surface area contributed by atoms with Crippen molar-refractivity contribution >= 4 is 28.5 Å². The zero-order chi connectivity index (χ0) is 26.6. The maximum absolute atomic E-state index is 13.0. The lowest BCUT2D eigenvalue weighted by molar-refractivity contribution is -0.196. The highest BCUT2D eigenvalue weighted by molar-refractivity contribution is 6.74. The van der Waals surface area contributed by atoms with E-state index in [1.807, 2.05) is 0 Å². The van der Waals surface area contributed by atoms with Crippen molar-refractivity contribution in [2.24, 2.45) is 5.11 Å². The predicted molar refractivity (Wildman–Crippen MR) is 141 cm³/mol. The van der Waals surface area contributed by atoms with E-state index < -0.39 is 53.1 Å². The van der Waals surface area contributed by atoms with E-state index in [-0.39, 0.29) is 19.1 Å². The molecular formula is C23H46N4O6Si2. The third-order valence-electron chi connectivity index (χ3n) is 7.54. The van der Waals surface area contributed by atoms with Crippen molar-refractivity contribution in [3.05, 3.63) is 10.4 Å². The summed E-state index contributed by atoms with van der Waals surface area (Å²) in [7, 11) is -4.39. The van der Waals surface area contributed by atoms with Gasteiger partial charge in [0.2, 0.25) is 5.91 Å². The van der Waals surface area contributed by atoms with E-state index >= 15 is 0 Å². The molecule has 1 heterocycles. The van der Waals surface area contributed by atoms with Gasteiger partial charge in [-0.15, -0.1) is 0 Å². The van der Waals surface area contributed by atoms with Gasteiger partial charge in [0.1, 0.15) is 0 Å². The topological polar surface area (TPSA) is 132 Å². The van der Waals surface area contributed by atoms with Gasteiger partial charge in [0.05, 0.1) is 37.5 Å². The minimum Gasteiger partial charge on any atom is -0.464 e. The summed E-state index contributed by atoms with van der Waals surface area (Å²) in [6.07, 6.45) is -3.03. The molecular weight excluding hydrogens is 484 g/mol. The number of nitrogens with zero attached hydrogens (tertiary/aromatic N) is 3. The highest BCUT2D eigenvalue weighted by Gasteiger charge is 2.54. The number of carbonyl (C=O) groups excluding carboxylic acids is 2. The summed E-state index contributed by atoms with van der Waals surface area (Å²) in [5, 5.41) is 6.70. The number of amides is 1. The molecule has 1 fully saturated rings. The van der Waals surface area contributed by atoms with E-state index in [9.17, 15) is 9.59 Å². The van der Waals surface area contributed by atoms with Crippen LogP contribution in [0.3, 0.4) is 0 Å². The fourth-order valence-corrected chi connectivity index (χ4v) is 10.6. The van der Waals surface area contributed by atoms with Crippen molar-refractivity contribution < 1.29 is 27.9 Å². The molecule has 1 rings (SSSR count). The molecule has 1 amide bonds. The summed E-state index contributed by atoms with van der Waals surface area (Å²) in [5.41, 5.74) is 9.05. The Bertz CT molecular complexity index is 712. The first-order valence-corrected chi connectivity index (χ1v) is 18.2. The third-order valence-corrected chi connectivity index (χ3v) is 16.8. The molecule has 0 aromatic rings. The summed E-state index contributed by atoms with van der Waals surface area (Å²) >= 11 is 0. The summed E-state index contributed by atoms with van der Waals surface area (Å²) in [6.45, 7) is 16.1. The molecule has 12 heteroatoms. The second-order valence-electron chi connectivity index (χ2n) is 9.14.